The minimum absolute atomic E-state index is 0.0444. The molecule has 0 N–H and O–H groups in total. The predicted octanol–water partition coefficient (Wildman–Crippen LogP) is 2.21. The van der Waals surface area contributed by atoms with E-state index in [2.05, 4.69) is 0 Å². The fourth-order valence-electron chi connectivity index (χ4n) is 2.15. The van der Waals surface area contributed by atoms with Gasteiger partial charge in [-0.05, 0) is 40.0 Å². The molecule has 1 fully saturated rings. The molecule has 0 aliphatic carbocycles. The summed E-state index contributed by atoms with van der Waals surface area (Å²) in [5, 5.41) is 0. The van der Waals surface area contributed by atoms with Crippen LogP contribution in [0.15, 0.2) is 0 Å². The van der Waals surface area contributed by atoms with Crippen LogP contribution in [0.3, 0.4) is 0 Å². The Morgan fingerprint density at radius 3 is 2.47 bits per heavy atom. The van der Waals surface area contributed by atoms with E-state index < -0.39 is 21.5 Å². The molecular formula is C13H25NO4S. The molecule has 19 heavy (non-hydrogen) atoms. The number of rotatable bonds is 3. The van der Waals surface area contributed by atoms with Gasteiger partial charge < -0.3 is 9.64 Å². The highest BCUT2D eigenvalue weighted by Crippen LogP contribution is 2.21. The maximum Gasteiger partial charge on any atom is 0.410 e. The summed E-state index contributed by atoms with van der Waals surface area (Å²) in [6.45, 7) is 7.65. The number of piperidine rings is 1. The number of carbonyl (C=O) groups is 1. The Morgan fingerprint density at radius 1 is 1.32 bits per heavy atom. The fourth-order valence-corrected chi connectivity index (χ4v) is 3.31. The molecule has 1 aliphatic rings. The molecule has 0 saturated carbocycles. The van der Waals surface area contributed by atoms with Gasteiger partial charge in [0.2, 0.25) is 0 Å². The average Bonchev–Trinajstić information content (AvgIpc) is 2.27. The SMILES string of the molecule is CCS(=O)(=O)CC1CCCCN1C(=O)OC(C)(C)C. The summed E-state index contributed by atoms with van der Waals surface area (Å²) in [6, 6.07) is -0.242. The number of hydrogen-bond acceptors (Lipinski definition) is 4. The van der Waals surface area contributed by atoms with Crippen molar-refractivity contribution >= 4 is 15.9 Å². The molecule has 112 valence electrons. The van der Waals surface area contributed by atoms with E-state index in [9.17, 15) is 13.2 Å². The maximum absolute atomic E-state index is 12.1. The molecule has 1 rings (SSSR count). The monoisotopic (exact) mass is 291 g/mol. The van der Waals surface area contributed by atoms with Crippen LogP contribution < -0.4 is 0 Å². The molecule has 0 radical (unpaired) electrons. The number of amides is 1. The van der Waals surface area contributed by atoms with Crippen LogP contribution in [0.5, 0.6) is 0 Å². The second kappa shape index (κ2) is 6.11. The minimum atomic E-state index is -3.08. The van der Waals surface area contributed by atoms with Crippen molar-refractivity contribution in [3.8, 4) is 0 Å². The summed E-state index contributed by atoms with van der Waals surface area (Å²) in [6.07, 6.45) is 2.20. The lowest BCUT2D eigenvalue weighted by Crippen LogP contribution is -2.49. The zero-order valence-corrected chi connectivity index (χ0v) is 13.1. The van der Waals surface area contributed by atoms with Crippen LogP contribution in [0, 0.1) is 0 Å². The normalized spacial score (nSPS) is 21.3. The van der Waals surface area contributed by atoms with Gasteiger partial charge in [0.1, 0.15) is 5.60 Å². The Balaban J connectivity index is 2.75. The quantitative estimate of drug-likeness (QED) is 0.799. The van der Waals surface area contributed by atoms with E-state index in [4.69, 9.17) is 4.74 Å². The van der Waals surface area contributed by atoms with Crippen molar-refractivity contribution in [3.05, 3.63) is 0 Å². The highest BCUT2D eigenvalue weighted by molar-refractivity contribution is 7.91. The van der Waals surface area contributed by atoms with Crippen molar-refractivity contribution in [1.82, 2.24) is 4.90 Å². The summed E-state index contributed by atoms with van der Waals surface area (Å²) < 4.78 is 28.8. The lowest BCUT2D eigenvalue weighted by molar-refractivity contribution is 0.0124. The molecule has 6 heteroatoms. The van der Waals surface area contributed by atoms with E-state index in [1.807, 2.05) is 20.8 Å². The van der Waals surface area contributed by atoms with Gasteiger partial charge in [0.25, 0.3) is 0 Å². The number of ether oxygens (including phenoxy) is 1. The van der Waals surface area contributed by atoms with E-state index in [1.165, 1.54) is 0 Å². The highest BCUT2D eigenvalue weighted by Gasteiger charge is 2.32. The number of carbonyl (C=O) groups excluding carboxylic acids is 1. The minimum Gasteiger partial charge on any atom is -0.444 e. The first kappa shape index (κ1) is 16.3. The van der Waals surface area contributed by atoms with E-state index >= 15 is 0 Å². The van der Waals surface area contributed by atoms with Crippen LogP contribution in [0.25, 0.3) is 0 Å². The van der Waals surface area contributed by atoms with Crippen LogP contribution in [-0.4, -0.2) is 49.1 Å². The third kappa shape index (κ3) is 5.38. The first-order valence-electron chi connectivity index (χ1n) is 6.84. The zero-order chi connectivity index (χ0) is 14.7. The van der Waals surface area contributed by atoms with Gasteiger partial charge in [0.15, 0.2) is 9.84 Å². The molecule has 0 bridgehead atoms. The smallest absolute Gasteiger partial charge is 0.410 e. The van der Waals surface area contributed by atoms with Crippen LogP contribution in [0.1, 0.15) is 47.0 Å². The number of likely N-dealkylation sites (tertiary alicyclic amines) is 1. The first-order valence-corrected chi connectivity index (χ1v) is 8.67. The highest BCUT2D eigenvalue weighted by atomic mass is 32.2. The lowest BCUT2D eigenvalue weighted by Gasteiger charge is -2.36. The third-order valence-electron chi connectivity index (χ3n) is 3.14. The topological polar surface area (TPSA) is 63.7 Å². The lowest BCUT2D eigenvalue weighted by atomic mass is 10.0. The van der Waals surface area contributed by atoms with Gasteiger partial charge in [-0.15, -0.1) is 0 Å². The second-order valence-corrected chi connectivity index (χ2v) is 8.42. The molecule has 1 unspecified atom stereocenters. The van der Waals surface area contributed by atoms with Gasteiger partial charge in [-0.3, -0.25) is 0 Å². The zero-order valence-electron chi connectivity index (χ0n) is 12.3. The Kier molecular flexibility index (Phi) is 5.24. The van der Waals surface area contributed by atoms with Gasteiger partial charge in [-0.25, -0.2) is 13.2 Å². The van der Waals surface area contributed by atoms with Crippen LogP contribution in [-0.2, 0) is 14.6 Å². The van der Waals surface area contributed by atoms with Crippen LogP contribution in [0.4, 0.5) is 4.79 Å². The van der Waals surface area contributed by atoms with Gasteiger partial charge in [-0.2, -0.15) is 0 Å². The van der Waals surface area contributed by atoms with Crippen molar-refractivity contribution in [2.24, 2.45) is 0 Å². The molecule has 1 atom stereocenters. The first-order chi connectivity index (χ1) is 8.64. The van der Waals surface area contributed by atoms with E-state index in [-0.39, 0.29) is 17.5 Å². The number of sulfone groups is 1. The molecule has 0 aromatic heterocycles. The van der Waals surface area contributed by atoms with E-state index in [0.717, 1.165) is 19.3 Å². The molecule has 1 aliphatic heterocycles. The van der Waals surface area contributed by atoms with Crippen LogP contribution in [0.2, 0.25) is 0 Å². The summed E-state index contributed by atoms with van der Waals surface area (Å²) in [4.78, 5) is 13.7. The van der Waals surface area contributed by atoms with Crippen molar-refractivity contribution in [2.75, 3.05) is 18.1 Å². The Hall–Kier alpha value is -0.780. The van der Waals surface area contributed by atoms with Gasteiger partial charge in [0.05, 0.1) is 5.75 Å². The van der Waals surface area contributed by atoms with Gasteiger partial charge in [-0.1, -0.05) is 6.92 Å². The molecule has 1 amide bonds. The summed E-state index contributed by atoms with van der Waals surface area (Å²) in [5.74, 6) is 0.161. The van der Waals surface area contributed by atoms with Crippen molar-refractivity contribution in [3.63, 3.8) is 0 Å². The van der Waals surface area contributed by atoms with Gasteiger partial charge in [0, 0.05) is 18.3 Å². The largest absolute Gasteiger partial charge is 0.444 e. The molecule has 1 saturated heterocycles. The van der Waals surface area contributed by atoms with Gasteiger partial charge >= 0.3 is 6.09 Å². The van der Waals surface area contributed by atoms with Crippen molar-refractivity contribution < 1.29 is 17.9 Å². The fraction of sp³-hybridized carbons (Fsp3) is 0.923. The molecule has 0 aromatic carbocycles. The second-order valence-electron chi connectivity index (χ2n) is 6.02. The summed E-state index contributed by atoms with van der Waals surface area (Å²) in [5.41, 5.74) is -0.553. The number of nitrogens with zero attached hydrogens (tertiary/aromatic N) is 1. The Bertz CT molecular complexity index is 411. The molecule has 0 spiro atoms. The Labute approximate surface area is 116 Å². The molecule has 5 nitrogen and oxygen atoms in total. The van der Waals surface area contributed by atoms with Crippen LogP contribution >= 0.6 is 0 Å². The standard InChI is InChI=1S/C13H25NO4S/c1-5-19(16,17)10-11-8-6-7-9-14(11)12(15)18-13(2,3)4/h11H,5-10H2,1-4H3. The maximum atomic E-state index is 12.1. The van der Waals surface area contributed by atoms with Crippen molar-refractivity contribution in [2.45, 2.75) is 58.6 Å². The molecule has 0 aromatic rings. The predicted molar refractivity (Wildman–Crippen MR) is 74.9 cm³/mol. The summed E-state index contributed by atoms with van der Waals surface area (Å²) >= 11 is 0. The third-order valence-corrected chi connectivity index (χ3v) is 4.91. The van der Waals surface area contributed by atoms with E-state index in [0.29, 0.717) is 6.54 Å². The molecular weight excluding hydrogens is 266 g/mol. The molecule has 1 heterocycles. The van der Waals surface area contributed by atoms with E-state index in [1.54, 1.807) is 11.8 Å². The number of hydrogen-bond donors (Lipinski definition) is 0. The Morgan fingerprint density at radius 2 is 1.95 bits per heavy atom. The van der Waals surface area contributed by atoms with Crippen molar-refractivity contribution in [1.29, 1.82) is 0 Å². The summed E-state index contributed by atoms with van der Waals surface area (Å²) in [7, 11) is -3.08. The average molecular weight is 291 g/mol.